The SMILES string of the molecule is O=C(CC1CCNCC1)N1CCC(C2CCN(C3c4ccc(Cl)cc4CCc4cccnc43)CC2)CC1. The van der Waals surface area contributed by atoms with Gasteiger partial charge in [0.1, 0.15) is 0 Å². The fourth-order valence-electron chi connectivity index (χ4n) is 7.48. The van der Waals surface area contributed by atoms with E-state index in [0.29, 0.717) is 11.8 Å². The van der Waals surface area contributed by atoms with E-state index in [1.807, 2.05) is 12.3 Å². The van der Waals surface area contributed by atoms with Crippen molar-refractivity contribution >= 4 is 17.5 Å². The Balaban J connectivity index is 1.07. The first kappa shape index (κ1) is 25.3. The van der Waals surface area contributed by atoms with Crippen LogP contribution in [0.25, 0.3) is 0 Å². The Labute approximate surface area is 227 Å². The van der Waals surface area contributed by atoms with E-state index in [4.69, 9.17) is 16.6 Å². The van der Waals surface area contributed by atoms with Crippen LogP contribution in [-0.4, -0.2) is 60.0 Å². The van der Waals surface area contributed by atoms with Gasteiger partial charge in [-0.15, -0.1) is 0 Å². The highest BCUT2D eigenvalue weighted by atomic mass is 35.5. The summed E-state index contributed by atoms with van der Waals surface area (Å²) in [5.41, 5.74) is 5.38. The van der Waals surface area contributed by atoms with E-state index in [-0.39, 0.29) is 6.04 Å². The second-order valence-corrected chi connectivity index (χ2v) is 12.2. The van der Waals surface area contributed by atoms with Crippen LogP contribution >= 0.6 is 11.6 Å². The standard InChI is InChI=1S/C31H41ClN4O/c32-27-5-6-28-26(21-27)4-3-25-2-1-13-34-30(25)31(28)36-18-11-24(12-19-36)23-9-16-35(17-10-23)29(37)20-22-7-14-33-15-8-22/h1-2,5-6,13,21-24,31,33H,3-4,7-12,14-20H2. The molecule has 2 aromatic rings. The van der Waals surface area contributed by atoms with E-state index < -0.39 is 0 Å². The highest BCUT2D eigenvalue weighted by Crippen LogP contribution is 2.40. The molecule has 3 fully saturated rings. The predicted molar refractivity (Wildman–Crippen MR) is 149 cm³/mol. The van der Waals surface area contributed by atoms with Gasteiger partial charge >= 0.3 is 0 Å². The molecule has 0 radical (unpaired) electrons. The summed E-state index contributed by atoms with van der Waals surface area (Å²) in [6, 6.07) is 11.0. The first-order valence-corrected chi connectivity index (χ1v) is 15.0. The number of hydrogen-bond donors (Lipinski definition) is 1. The third kappa shape index (κ3) is 5.60. The lowest BCUT2D eigenvalue weighted by Gasteiger charge is -2.42. The molecule has 1 atom stereocenters. The minimum atomic E-state index is 0.223. The van der Waals surface area contributed by atoms with E-state index in [1.165, 1.54) is 48.1 Å². The van der Waals surface area contributed by atoms with Crippen molar-refractivity contribution in [3.8, 4) is 0 Å². The van der Waals surface area contributed by atoms with Crippen molar-refractivity contribution in [2.75, 3.05) is 39.3 Å². The lowest BCUT2D eigenvalue weighted by Crippen LogP contribution is -2.44. The number of likely N-dealkylation sites (tertiary alicyclic amines) is 2. The number of amides is 1. The minimum Gasteiger partial charge on any atom is -0.343 e. The van der Waals surface area contributed by atoms with Crippen LogP contribution in [0, 0.1) is 17.8 Å². The molecule has 1 amide bonds. The van der Waals surface area contributed by atoms with Gasteiger partial charge in [0.25, 0.3) is 0 Å². The molecule has 6 heteroatoms. The average molecular weight is 521 g/mol. The smallest absolute Gasteiger partial charge is 0.222 e. The molecule has 3 saturated heterocycles. The van der Waals surface area contributed by atoms with Gasteiger partial charge in [-0.2, -0.15) is 0 Å². The van der Waals surface area contributed by atoms with Crippen LogP contribution in [-0.2, 0) is 17.6 Å². The number of aryl methyl sites for hydroxylation is 2. The van der Waals surface area contributed by atoms with Crippen molar-refractivity contribution in [2.24, 2.45) is 17.8 Å². The van der Waals surface area contributed by atoms with Crippen LogP contribution in [0.5, 0.6) is 0 Å². The Bertz CT molecular complexity index is 1080. The number of piperidine rings is 3. The maximum absolute atomic E-state index is 12.9. The quantitative estimate of drug-likeness (QED) is 0.597. The second-order valence-electron chi connectivity index (χ2n) is 11.8. The van der Waals surface area contributed by atoms with Gasteiger partial charge in [-0.1, -0.05) is 23.7 Å². The molecule has 1 aromatic heterocycles. The molecule has 5 nitrogen and oxygen atoms in total. The lowest BCUT2D eigenvalue weighted by atomic mass is 9.78. The maximum atomic E-state index is 12.9. The normalized spacial score (nSPS) is 24.4. The van der Waals surface area contributed by atoms with Gasteiger partial charge in [-0.25, -0.2) is 0 Å². The van der Waals surface area contributed by atoms with Crippen LogP contribution < -0.4 is 5.32 Å². The first-order valence-electron chi connectivity index (χ1n) is 14.6. The van der Waals surface area contributed by atoms with Crippen LogP contribution in [0.2, 0.25) is 5.02 Å². The molecule has 3 aliphatic heterocycles. The number of carbonyl (C=O) groups excluding carboxylic acids is 1. The molecule has 6 rings (SSSR count). The number of carbonyl (C=O) groups is 1. The van der Waals surface area contributed by atoms with E-state index in [0.717, 1.165) is 88.2 Å². The van der Waals surface area contributed by atoms with Crippen molar-refractivity contribution in [1.29, 1.82) is 0 Å². The van der Waals surface area contributed by atoms with Crippen LogP contribution in [0.1, 0.15) is 73.4 Å². The van der Waals surface area contributed by atoms with Crippen LogP contribution in [0.15, 0.2) is 36.5 Å². The zero-order valence-electron chi connectivity index (χ0n) is 22.0. The second kappa shape index (κ2) is 11.4. The summed E-state index contributed by atoms with van der Waals surface area (Å²) in [6.45, 7) is 6.29. The Morgan fingerprint density at radius 2 is 1.62 bits per heavy atom. The molecule has 0 saturated carbocycles. The summed E-state index contributed by atoms with van der Waals surface area (Å²) in [7, 11) is 0. The molecule has 37 heavy (non-hydrogen) atoms. The topological polar surface area (TPSA) is 48.5 Å². The number of fused-ring (bicyclic) bond motifs is 2. The van der Waals surface area contributed by atoms with Gasteiger partial charge in [0.05, 0.1) is 11.7 Å². The molecular formula is C31H41ClN4O. The molecule has 1 aromatic carbocycles. The Morgan fingerprint density at radius 3 is 2.38 bits per heavy atom. The van der Waals surface area contributed by atoms with E-state index in [1.54, 1.807) is 0 Å². The van der Waals surface area contributed by atoms with Gasteiger partial charge in [0, 0.05) is 30.7 Å². The number of nitrogens with zero attached hydrogens (tertiary/aromatic N) is 3. The number of pyridine rings is 1. The molecule has 0 bridgehead atoms. The van der Waals surface area contributed by atoms with Crippen molar-refractivity contribution < 1.29 is 4.79 Å². The summed E-state index contributed by atoms with van der Waals surface area (Å²) >= 11 is 6.40. The largest absolute Gasteiger partial charge is 0.343 e. The number of halogens is 1. The Kier molecular flexibility index (Phi) is 7.82. The van der Waals surface area contributed by atoms with Crippen molar-refractivity contribution in [2.45, 2.75) is 63.8 Å². The van der Waals surface area contributed by atoms with Crippen LogP contribution in [0.3, 0.4) is 0 Å². The highest BCUT2D eigenvalue weighted by molar-refractivity contribution is 6.30. The van der Waals surface area contributed by atoms with Gasteiger partial charge in [0.2, 0.25) is 5.91 Å². The fraction of sp³-hybridized carbons (Fsp3) is 0.613. The zero-order chi connectivity index (χ0) is 25.2. The summed E-state index contributed by atoms with van der Waals surface area (Å²) in [4.78, 5) is 22.7. The molecule has 198 valence electrons. The van der Waals surface area contributed by atoms with E-state index in [2.05, 4.69) is 39.4 Å². The first-order chi connectivity index (χ1) is 18.2. The summed E-state index contributed by atoms with van der Waals surface area (Å²) in [6.07, 6.45) is 11.9. The maximum Gasteiger partial charge on any atom is 0.222 e. The third-order valence-electron chi connectivity index (χ3n) is 9.67. The minimum absolute atomic E-state index is 0.223. The lowest BCUT2D eigenvalue weighted by molar-refractivity contribution is -0.134. The fourth-order valence-corrected chi connectivity index (χ4v) is 7.68. The highest BCUT2D eigenvalue weighted by Gasteiger charge is 2.36. The third-order valence-corrected chi connectivity index (χ3v) is 9.90. The Hall–Kier alpha value is -1.95. The molecule has 4 aliphatic rings. The van der Waals surface area contributed by atoms with Crippen molar-refractivity contribution in [3.05, 3.63) is 63.9 Å². The van der Waals surface area contributed by atoms with Gasteiger partial charge < -0.3 is 10.2 Å². The molecule has 4 heterocycles. The van der Waals surface area contributed by atoms with Crippen molar-refractivity contribution in [3.63, 3.8) is 0 Å². The Morgan fingerprint density at radius 1 is 0.919 bits per heavy atom. The average Bonchev–Trinajstić information content (AvgIpc) is 3.10. The van der Waals surface area contributed by atoms with Crippen molar-refractivity contribution in [1.82, 2.24) is 20.1 Å². The molecule has 1 N–H and O–H groups in total. The molecule has 0 spiro atoms. The van der Waals surface area contributed by atoms with E-state index >= 15 is 0 Å². The monoisotopic (exact) mass is 520 g/mol. The number of rotatable bonds is 4. The molecular weight excluding hydrogens is 480 g/mol. The molecule has 1 aliphatic carbocycles. The summed E-state index contributed by atoms with van der Waals surface area (Å²) in [5.74, 6) is 2.52. The van der Waals surface area contributed by atoms with E-state index in [9.17, 15) is 4.79 Å². The molecule has 1 unspecified atom stereocenters. The van der Waals surface area contributed by atoms with Gasteiger partial charge in [-0.3, -0.25) is 14.7 Å². The van der Waals surface area contributed by atoms with Crippen LogP contribution in [0.4, 0.5) is 0 Å². The summed E-state index contributed by atoms with van der Waals surface area (Å²) in [5, 5.41) is 4.24. The number of benzene rings is 1. The number of aromatic nitrogens is 1. The van der Waals surface area contributed by atoms with Gasteiger partial charge in [0.15, 0.2) is 0 Å². The number of hydrogen-bond acceptors (Lipinski definition) is 4. The van der Waals surface area contributed by atoms with Gasteiger partial charge in [-0.05, 0) is 130 Å². The predicted octanol–water partition coefficient (Wildman–Crippen LogP) is 5.26. The summed E-state index contributed by atoms with van der Waals surface area (Å²) < 4.78 is 0. The number of nitrogens with one attached hydrogen (secondary N) is 1. The zero-order valence-corrected chi connectivity index (χ0v) is 22.8.